The van der Waals surface area contributed by atoms with Crippen molar-refractivity contribution in [2.24, 2.45) is 0 Å². The van der Waals surface area contributed by atoms with Crippen LogP contribution in [-0.2, 0) is 6.42 Å². The highest BCUT2D eigenvalue weighted by molar-refractivity contribution is 9.10. The molecule has 0 bridgehead atoms. The first kappa shape index (κ1) is 12.7. The average molecular weight is 317 g/mol. The predicted octanol–water partition coefficient (Wildman–Crippen LogP) is 3.26. The van der Waals surface area contributed by atoms with Crippen molar-refractivity contribution < 1.29 is 9.63 Å². The van der Waals surface area contributed by atoms with Gasteiger partial charge in [0.2, 0.25) is 11.7 Å². The van der Waals surface area contributed by atoms with Crippen molar-refractivity contribution >= 4 is 27.3 Å². The second-order valence-electron chi connectivity index (χ2n) is 3.79. The summed E-state index contributed by atoms with van der Waals surface area (Å²) < 4.78 is 6.12. The van der Waals surface area contributed by atoms with E-state index in [0.717, 1.165) is 22.2 Å². The van der Waals surface area contributed by atoms with Gasteiger partial charge in [-0.2, -0.15) is 4.98 Å². The molecule has 0 aliphatic rings. The summed E-state index contributed by atoms with van der Waals surface area (Å²) in [4.78, 5) is 5.22. The van der Waals surface area contributed by atoms with Crippen LogP contribution in [-0.4, -0.2) is 21.4 Å². The van der Waals surface area contributed by atoms with Gasteiger partial charge in [-0.25, -0.2) is 0 Å². The third-order valence-electron chi connectivity index (χ3n) is 2.29. The summed E-state index contributed by atoms with van der Waals surface area (Å²) in [6.45, 7) is 2.03. The van der Waals surface area contributed by atoms with Crippen LogP contribution in [0.2, 0.25) is 0 Å². The lowest BCUT2D eigenvalue weighted by atomic mass is 10.1. The van der Waals surface area contributed by atoms with Gasteiger partial charge in [0, 0.05) is 9.85 Å². The van der Waals surface area contributed by atoms with E-state index >= 15 is 0 Å². The molecule has 1 unspecified atom stereocenters. The number of aromatic nitrogens is 2. The molecule has 6 heteroatoms. The van der Waals surface area contributed by atoms with Crippen LogP contribution in [0.5, 0.6) is 0 Å². The van der Waals surface area contributed by atoms with Crippen LogP contribution in [0.1, 0.15) is 25.7 Å². The van der Waals surface area contributed by atoms with Crippen LogP contribution in [0, 0.1) is 0 Å². The molecule has 0 aliphatic heterocycles. The summed E-state index contributed by atoms with van der Waals surface area (Å²) in [5.41, 5.74) is 0. The van der Waals surface area contributed by atoms with Crippen LogP contribution in [0.25, 0.3) is 10.7 Å². The lowest BCUT2D eigenvalue weighted by Crippen LogP contribution is -2.09. The molecule has 2 heterocycles. The molecule has 17 heavy (non-hydrogen) atoms. The number of halogens is 1. The van der Waals surface area contributed by atoms with Crippen molar-refractivity contribution in [3.63, 3.8) is 0 Å². The molecule has 0 amide bonds. The molecule has 2 aromatic heterocycles. The van der Waals surface area contributed by atoms with Gasteiger partial charge < -0.3 is 9.63 Å². The van der Waals surface area contributed by atoms with Gasteiger partial charge in [0.15, 0.2) is 0 Å². The predicted molar refractivity (Wildman–Crippen MR) is 69.9 cm³/mol. The van der Waals surface area contributed by atoms with Gasteiger partial charge in [0.1, 0.15) is 0 Å². The van der Waals surface area contributed by atoms with E-state index in [0.29, 0.717) is 18.1 Å². The minimum Gasteiger partial charge on any atom is -0.393 e. The smallest absolute Gasteiger partial charge is 0.229 e. The van der Waals surface area contributed by atoms with E-state index in [1.54, 1.807) is 11.3 Å². The number of nitrogens with zero attached hydrogens (tertiary/aromatic N) is 2. The molecule has 0 aliphatic carbocycles. The quantitative estimate of drug-likeness (QED) is 0.919. The average Bonchev–Trinajstić information content (AvgIpc) is 2.87. The lowest BCUT2D eigenvalue weighted by molar-refractivity contribution is 0.152. The summed E-state index contributed by atoms with van der Waals surface area (Å²) >= 11 is 4.93. The highest BCUT2D eigenvalue weighted by Crippen LogP contribution is 2.27. The molecule has 0 spiro atoms. The third-order valence-corrected chi connectivity index (χ3v) is 3.98. The Kier molecular flexibility index (Phi) is 4.31. The highest BCUT2D eigenvalue weighted by atomic mass is 79.9. The Bertz CT molecular complexity index is 483. The number of hydrogen-bond donors (Lipinski definition) is 1. The SMILES string of the molecule is CCCC(O)Cc1nc(-c2cc(Br)cs2)no1. The molecule has 1 atom stereocenters. The molecule has 0 saturated heterocycles. The Balaban J connectivity index is 2.05. The minimum atomic E-state index is -0.400. The van der Waals surface area contributed by atoms with E-state index in [1.165, 1.54) is 0 Å². The lowest BCUT2D eigenvalue weighted by Gasteiger charge is -2.03. The van der Waals surface area contributed by atoms with Gasteiger partial charge in [-0.3, -0.25) is 0 Å². The molecule has 1 N–H and O–H groups in total. The van der Waals surface area contributed by atoms with Gasteiger partial charge in [0.05, 0.1) is 17.4 Å². The molecule has 0 fully saturated rings. The number of hydrogen-bond acceptors (Lipinski definition) is 5. The number of aliphatic hydroxyl groups is 1. The normalized spacial score (nSPS) is 12.9. The zero-order valence-corrected chi connectivity index (χ0v) is 11.8. The fourth-order valence-corrected chi connectivity index (χ4v) is 2.86. The molecular formula is C11H13BrN2O2S. The molecule has 0 aromatic carbocycles. The number of aliphatic hydroxyl groups excluding tert-OH is 1. The van der Waals surface area contributed by atoms with Gasteiger partial charge in [-0.1, -0.05) is 18.5 Å². The second-order valence-corrected chi connectivity index (χ2v) is 5.61. The second kappa shape index (κ2) is 5.75. The zero-order valence-electron chi connectivity index (χ0n) is 9.39. The van der Waals surface area contributed by atoms with Crippen molar-refractivity contribution in [3.8, 4) is 10.7 Å². The van der Waals surface area contributed by atoms with Gasteiger partial charge in [-0.15, -0.1) is 11.3 Å². The van der Waals surface area contributed by atoms with E-state index in [2.05, 4.69) is 26.1 Å². The van der Waals surface area contributed by atoms with Crippen molar-refractivity contribution in [2.45, 2.75) is 32.3 Å². The van der Waals surface area contributed by atoms with Crippen LogP contribution in [0.4, 0.5) is 0 Å². The first-order valence-corrected chi connectivity index (χ1v) is 7.11. The molecule has 0 radical (unpaired) electrons. The summed E-state index contributed by atoms with van der Waals surface area (Å²) in [6.07, 6.45) is 1.72. The Morgan fingerprint density at radius 3 is 3.06 bits per heavy atom. The third kappa shape index (κ3) is 3.37. The largest absolute Gasteiger partial charge is 0.393 e. The van der Waals surface area contributed by atoms with Crippen LogP contribution >= 0.6 is 27.3 Å². The van der Waals surface area contributed by atoms with Crippen LogP contribution in [0.3, 0.4) is 0 Å². The molecule has 2 rings (SSSR count). The van der Waals surface area contributed by atoms with Crippen molar-refractivity contribution in [3.05, 3.63) is 21.8 Å². The molecule has 92 valence electrons. The van der Waals surface area contributed by atoms with Crippen LogP contribution < -0.4 is 0 Å². The van der Waals surface area contributed by atoms with Gasteiger partial charge in [0.25, 0.3) is 0 Å². The van der Waals surface area contributed by atoms with E-state index in [9.17, 15) is 5.11 Å². The number of rotatable bonds is 5. The topological polar surface area (TPSA) is 59.2 Å². The van der Waals surface area contributed by atoms with Crippen molar-refractivity contribution in [2.75, 3.05) is 0 Å². The number of thiophene rings is 1. The van der Waals surface area contributed by atoms with Crippen molar-refractivity contribution in [1.82, 2.24) is 10.1 Å². The molecule has 4 nitrogen and oxygen atoms in total. The Morgan fingerprint density at radius 2 is 2.41 bits per heavy atom. The molecule has 2 aromatic rings. The fourth-order valence-electron chi connectivity index (χ4n) is 1.51. The molecule has 0 saturated carbocycles. The summed E-state index contributed by atoms with van der Waals surface area (Å²) in [7, 11) is 0. The maximum Gasteiger partial charge on any atom is 0.229 e. The van der Waals surface area contributed by atoms with Crippen LogP contribution in [0.15, 0.2) is 20.4 Å². The molecular weight excluding hydrogens is 304 g/mol. The standard InChI is InChI=1S/C11H13BrN2O2S/c1-2-3-8(15)5-10-13-11(14-16-10)9-4-7(12)6-17-9/h4,6,8,15H,2-3,5H2,1H3. The maximum atomic E-state index is 9.65. The zero-order chi connectivity index (χ0) is 12.3. The maximum absolute atomic E-state index is 9.65. The minimum absolute atomic E-state index is 0.400. The Morgan fingerprint density at radius 1 is 1.59 bits per heavy atom. The van der Waals surface area contributed by atoms with E-state index in [4.69, 9.17) is 4.52 Å². The van der Waals surface area contributed by atoms with Gasteiger partial charge >= 0.3 is 0 Å². The first-order chi connectivity index (χ1) is 8.19. The fraction of sp³-hybridized carbons (Fsp3) is 0.455. The summed E-state index contributed by atoms with van der Waals surface area (Å²) in [5, 5.41) is 15.5. The van der Waals surface area contributed by atoms with E-state index in [-0.39, 0.29) is 0 Å². The van der Waals surface area contributed by atoms with Crippen molar-refractivity contribution in [1.29, 1.82) is 0 Å². The summed E-state index contributed by atoms with van der Waals surface area (Å²) in [6, 6.07) is 1.95. The summed E-state index contributed by atoms with van der Waals surface area (Å²) in [5.74, 6) is 1.07. The first-order valence-electron chi connectivity index (χ1n) is 5.44. The highest BCUT2D eigenvalue weighted by Gasteiger charge is 2.13. The van der Waals surface area contributed by atoms with E-state index in [1.807, 2.05) is 18.4 Å². The van der Waals surface area contributed by atoms with E-state index < -0.39 is 6.10 Å². The van der Waals surface area contributed by atoms with Gasteiger partial charge in [-0.05, 0) is 28.4 Å². The Labute approximate surface area is 112 Å². The Hall–Kier alpha value is -0.720. The monoisotopic (exact) mass is 316 g/mol.